The lowest BCUT2D eigenvalue weighted by Crippen LogP contribution is -2.29. The molecule has 25 heavy (non-hydrogen) atoms. The summed E-state index contributed by atoms with van der Waals surface area (Å²) in [5, 5.41) is 21.4. The fourth-order valence-electron chi connectivity index (χ4n) is 2.33. The summed E-state index contributed by atoms with van der Waals surface area (Å²) in [6.45, 7) is 1.78. The average molecular weight is 339 g/mol. The maximum atomic E-state index is 12.0. The average Bonchev–Trinajstić information content (AvgIpc) is 3.03. The molecule has 6 nitrogen and oxygen atoms in total. The second-order valence-electron chi connectivity index (χ2n) is 5.52. The molecule has 1 aromatic heterocycles. The quantitative estimate of drug-likeness (QED) is 0.662. The van der Waals surface area contributed by atoms with Crippen LogP contribution in [0.3, 0.4) is 0 Å². The van der Waals surface area contributed by atoms with Gasteiger partial charge in [0.1, 0.15) is 17.3 Å². The minimum atomic E-state index is -0.664. The van der Waals surface area contributed by atoms with Crippen LogP contribution < -0.4 is 10.1 Å². The Morgan fingerprint density at radius 3 is 2.52 bits per heavy atom. The first-order valence-electron chi connectivity index (χ1n) is 7.68. The van der Waals surface area contributed by atoms with Crippen LogP contribution in [0.2, 0.25) is 0 Å². The molecule has 0 aliphatic heterocycles. The number of phenolic OH excluding ortho intramolecular Hbond substituents is 2. The first kappa shape index (κ1) is 16.4. The zero-order valence-electron chi connectivity index (χ0n) is 13.5. The summed E-state index contributed by atoms with van der Waals surface area (Å²) in [6.07, 6.45) is -0.664. The molecule has 6 heteroatoms. The van der Waals surface area contributed by atoms with E-state index in [1.165, 1.54) is 0 Å². The van der Waals surface area contributed by atoms with Crippen LogP contribution in [0.15, 0.2) is 65.1 Å². The van der Waals surface area contributed by atoms with Gasteiger partial charge in [-0.15, -0.1) is 0 Å². The van der Waals surface area contributed by atoms with Gasteiger partial charge in [-0.05, 0) is 55.0 Å². The van der Waals surface area contributed by atoms with Gasteiger partial charge in [-0.1, -0.05) is 12.1 Å². The van der Waals surface area contributed by atoms with Crippen molar-refractivity contribution in [1.29, 1.82) is 0 Å². The van der Waals surface area contributed by atoms with E-state index in [-0.39, 0.29) is 23.5 Å². The van der Waals surface area contributed by atoms with E-state index in [0.717, 1.165) is 11.1 Å². The van der Waals surface area contributed by atoms with Gasteiger partial charge in [0.15, 0.2) is 0 Å². The Balaban J connectivity index is 1.62. The fraction of sp³-hybridized carbons (Fsp3) is 0.105. The maximum absolute atomic E-state index is 12.0. The first-order chi connectivity index (χ1) is 12.0. The second kappa shape index (κ2) is 7.00. The van der Waals surface area contributed by atoms with Crippen molar-refractivity contribution >= 4 is 6.09 Å². The highest BCUT2D eigenvalue weighted by atomic mass is 16.6. The Kier molecular flexibility index (Phi) is 4.61. The van der Waals surface area contributed by atoms with Crippen LogP contribution in [-0.4, -0.2) is 16.3 Å². The SMILES string of the molecule is C[C@H](NC(=O)Oc1ccc(-c2ccc(O)cc2)o1)c1cccc(O)c1. The topological polar surface area (TPSA) is 91.9 Å². The van der Waals surface area contributed by atoms with E-state index in [2.05, 4.69) is 5.32 Å². The van der Waals surface area contributed by atoms with Crippen LogP contribution >= 0.6 is 0 Å². The van der Waals surface area contributed by atoms with Crippen LogP contribution in [0.5, 0.6) is 17.4 Å². The molecule has 3 aromatic rings. The van der Waals surface area contributed by atoms with Crippen molar-refractivity contribution in [3.8, 4) is 28.8 Å². The zero-order valence-corrected chi connectivity index (χ0v) is 13.5. The summed E-state index contributed by atoms with van der Waals surface area (Å²) in [4.78, 5) is 12.0. The van der Waals surface area contributed by atoms with Crippen molar-refractivity contribution in [3.63, 3.8) is 0 Å². The van der Waals surface area contributed by atoms with Crippen molar-refractivity contribution in [2.45, 2.75) is 13.0 Å². The molecule has 1 amide bonds. The molecule has 0 radical (unpaired) electrons. The van der Waals surface area contributed by atoms with Gasteiger partial charge < -0.3 is 24.7 Å². The molecule has 0 fully saturated rings. The second-order valence-corrected chi connectivity index (χ2v) is 5.52. The number of nitrogens with one attached hydrogen (secondary N) is 1. The lowest BCUT2D eigenvalue weighted by Gasteiger charge is -2.13. The van der Waals surface area contributed by atoms with E-state index in [9.17, 15) is 15.0 Å². The highest BCUT2D eigenvalue weighted by Crippen LogP contribution is 2.27. The number of carbonyl (C=O) groups is 1. The molecule has 0 saturated heterocycles. The number of aromatic hydroxyl groups is 2. The Labute approximate surface area is 144 Å². The van der Waals surface area contributed by atoms with E-state index in [0.29, 0.717) is 5.76 Å². The molecule has 1 atom stereocenters. The van der Waals surface area contributed by atoms with Gasteiger partial charge in [0.2, 0.25) is 0 Å². The Hall–Kier alpha value is -3.41. The number of hydrogen-bond donors (Lipinski definition) is 3. The lowest BCUT2D eigenvalue weighted by atomic mass is 10.1. The Morgan fingerprint density at radius 2 is 1.80 bits per heavy atom. The smallest absolute Gasteiger partial charge is 0.415 e. The number of carbonyl (C=O) groups excluding carboxylic acids is 1. The van der Waals surface area contributed by atoms with Gasteiger partial charge in [-0.25, -0.2) is 4.79 Å². The maximum Gasteiger partial charge on any atom is 0.415 e. The van der Waals surface area contributed by atoms with Crippen molar-refractivity contribution in [2.75, 3.05) is 0 Å². The zero-order chi connectivity index (χ0) is 17.8. The minimum Gasteiger partial charge on any atom is -0.508 e. The van der Waals surface area contributed by atoms with Crippen molar-refractivity contribution in [1.82, 2.24) is 5.32 Å². The molecule has 3 rings (SSSR count). The molecular formula is C19H17NO5. The lowest BCUT2D eigenvalue weighted by molar-refractivity contribution is 0.184. The predicted molar refractivity (Wildman–Crippen MR) is 91.5 cm³/mol. The van der Waals surface area contributed by atoms with Crippen LogP contribution in [0.4, 0.5) is 4.79 Å². The molecule has 0 bridgehead atoms. The molecule has 0 unspecified atom stereocenters. The largest absolute Gasteiger partial charge is 0.508 e. The van der Waals surface area contributed by atoms with Crippen LogP contribution in [0.1, 0.15) is 18.5 Å². The molecule has 0 aliphatic rings. The molecule has 2 aromatic carbocycles. The van der Waals surface area contributed by atoms with Gasteiger partial charge in [-0.2, -0.15) is 0 Å². The molecule has 0 saturated carbocycles. The fourth-order valence-corrected chi connectivity index (χ4v) is 2.33. The summed E-state index contributed by atoms with van der Waals surface area (Å²) in [5.74, 6) is 0.865. The Morgan fingerprint density at radius 1 is 1.04 bits per heavy atom. The van der Waals surface area contributed by atoms with Gasteiger partial charge in [0.05, 0.1) is 6.04 Å². The summed E-state index contributed by atoms with van der Waals surface area (Å²) >= 11 is 0. The summed E-state index contributed by atoms with van der Waals surface area (Å²) in [6, 6.07) is 16.0. The highest BCUT2D eigenvalue weighted by Gasteiger charge is 2.14. The highest BCUT2D eigenvalue weighted by molar-refractivity contribution is 5.70. The van der Waals surface area contributed by atoms with Crippen molar-refractivity contribution in [2.24, 2.45) is 0 Å². The number of hydrogen-bond acceptors (Lipinski definition) is 5. The monoisotopic (exact) mass is 339 g/mol. The van der Waals surface area contributed by atoms with Gasteiger partial charge >= 0.3 is 6.09 Å². The molecule has 0 aliphatic carbocycles. The van der Waals surface area contributed by atoms with Crippen molar-refractivity contribution in [3.05, 3.63) is 66.2 Å². The summed E-state index contributed by atoms with van der Waals surface area (Å²) < 4.78 is 10.6. The minimum absolute atomic E-state index is 0.0590. The van der Waals surface area contributed by atoms with Crippen molar-refractivity contribution < 1.29 is 24.2 Å². The van der Waals surface area contributed by atoms with E-state index < -0.39 is 6.09 Å². The number of benzene rings is 2. The molecular weight excluding hydrogens is 322 g/mol. The van der Waals surface area contributed by atoms with Crippen LogP contribution in [0, 0.1) is 0 Å². The van der Waals surface area contributed by atoms with E-state index >= 15 is 0 Å². The predicted octanol–water partition coefficient (Wildman–Crippen LogP) is 4.21. The molecule has 128 valence electrons. The number of ether oxygens (including phenoxy) is 1. The summed E-state index contributed by atoms with van der Waals surface area (Å²) in [5.41, 5.74) is 1.50. The van der Waals surface area contributed by atoms with Crippen LogP contribution in [0.25, 0.3) is 11.3 Å². The third-order valence-electron chi connectivity index (χ3n) is 3.63. The third kappa shape index (κ3) is 4.11. The van der Waals surface area contributed by atoms with Crippen LogP contribution in [-0.2, 0) is 0 Å². The van der Waals surface area contributed by atoms with E-state index in [1.54, 1.807) is 67.6 Å². The normalized spacial score (nSPS) is 11.7. The standard InChI is InChI=1S/C19H17NO5/c1-12(14-3-2-4-16(22)11-14)20-19(23)25-18-10-9-17(24-18)13-5-7-15(21)8-6-13/h2-12,21-22H,1H3,(H,20,23)/t12-/m0/s1. The number of amides is 1. The number of furan rings is 1. The Bertz CT molecular complexity index is 870. The molecule has 3 N–H and O–H groups in total. The van der Waals surface area contributed by atoms with E-state index in [1.807, 2.05) is 0 Å². The number of phenols is 2. The summed E-state index contributed by atoms with van der Waals surface area (Å²) in [7, 11) is 0. The van der Waals surface area contributed by atoms with Gasteiger partial charge in [0.25, 0.3) is 5.95 Å². The first-order valence-corrected chi connectivity index (χ1v) is 7.68. The van der Waals surface area contributed by atoms with Gasteiger partial charge in [-0.3, -0.25) is 0 Å². The van der Waals surface area contributed by atoms with E-state index in [4.69, 9.17) is 9.15 Å². The third-order valence-corrected chi connectivity index (χ3v) is 3.63. The van der Waals surface area contributed by atoms with Gasteiger partial charge in [0, 0.05) is 11.6 Å². The molecule has 0 spiro atoms. The number of rotatable bonds is 4. The molecule has 1 heterocycles.